The van der Waals surface area contributed by atoms with Crippen LogP contribution in [-0.4, -0.2) is 42.3 Å². The van der Waals surface area contributed by atoms with Gasteiger partial charge in [0.2, 0.25) is 0 Å². The molecular weight excluding hydrogens is 216 g/mol. The molecular formula is C10H22O4S. The van der Waals surface area contributed by atoms with Gasteiger partial charge < -0.3 is 10.2 Å². The third-order valence-electron chi connectivity index (χ3n) is 2.84. The first-order chi connectivity index (χ1) is 6.75. The van der Waals surface area contributed by atoms with Crippen LogP contribution in [0.25, 0.3) is 0 Å². The average Bonchev–Trinajstić information content (AvgIpc) is 2.14. The van der Waals surface area contributed by atoms with Gasteiger partial charge in [-0.3, -0.25) is 0 Å². The van der Waals surface area contributed by atoms with Crippen molar-refractivity contribution in [2.45, 2.75) is 51.2 Å². The summed E-state index contributed by atoms with van der Waals surface area (Å²) in [4.78, 5) is 0. The molecule has 0 saturated heterocycles. The van der Waals surface area contributed by atoms with Crippen LogP contribution in [0.1, 0.15) is 39.5 Å². The molecule has 0 bridgehead atoms. The minimum Gasteiger partial charge on any atom is -0.390 e. The van der Waals surface area contributed by atoms with Gasteiger partial charge in [0, 0.05) is 12.0 Å². The summed E-state index contributed by atoms with van der Waals surface area (Å²) in [6, 6.07) is 0. The normalized spacial score (nSPS) is 15.3. The van der Waals surface area contributed by atoms with Crippen LogP contribution in [0.2, 0.25) is 0 Å². The van der Waals surface area contributed by atoms with Crippen molar-refractivity contribution in [2.75, 3.05) is 12.0 Å². The van der Waals surface area contributed by atoms with Gasteiger partial charge in [0.1, 0.15) is 9.84 Å². The number of sulfone groups is 1. The van der Waals surface area contributed by atoms with Crippen LogP contribution in [0.4, 0.5) is 0 Å². The van der Waals surface area contributed by atoms with Gasteiger partial charge in [-0.1, -0.05) is 13.8 Å². The fraction of sp³-hybridized carbons (Fsp3) is 1.00. The lowest BCUT2D eigenvalue weighted by Crippen LogP contribution is -2.41. The van der Waals surface area contributed by atoms with E-state index in [9.17, 15) is 18.6 Å². The standard InChI is InChI=1S/C10H22O4S/c1-4-10(12,5-2)9(11)7-6-8-15(3,13)14/h9,11-12H,4-8H2,1-3H3. The summed E-state index contributed by atoms with van der Waals surface area (Å²) in [5.74, 6) is 0.0631. The lowest BCUT2D eigenvalue weighted by atomic mass is 9.88. The van der Waals surface area contributed by atoms with Gasteiger partial charge in [-0.05, 0) is 25.7 Å². The molecule has 4 nitrogen and oxygen atoms in total. The number of hydrogen-bond acceptors (Lipinski definition) is 4. The first kappa shape index (κ1) is 14.9. The minimum absolute atomic E-state index is 0.0631. The smallest absolute Gasteiger partial charge is 0.147 e. The Morgan fingerprint density at radius 1 is 1.27 bits per heavy atom. The Hall–Kier alpha value is -0.130. The molecule has 0 radical (unpaired) electrons. The maximum atomic E-state index is 10.9. The molecule has 1 unspecified atom stereocenters. The van der Waals surface area contributed by atoms with E-state index in [1.54, 1.807) is 0 Å². The fourth-order valence-corrected chi connectivity index (χ4v) is 2.22. The molecule has 0 aromatic heterocycles. The van der Waals surface area contributed by atoms with Crippen LogP contribution in [0.15, 0.2) is 0 Å². The zero-order valence-electron chi connectivity index (χ0n) is 9.73. The highest BCUT2D eigenvalue weighted by Crippen LogP contribution is 2.22. The molecule has 0 saturated carbocycles. The van der Waals surface area contributed by atoms with Crippen molar-refractivity contribution in [3.05, 3.63) is 0 Å². The summed E-state index contributed by atoms with van der Waals surface area (Å²) in [5.41, 5.74) is -1.07. The molecule has 0 aliphatic carbocycles. The van der Waals surface area contributed by atoms with Crippen LogP contribution in [0.3, 0.4) is 0 Å². The lowest BCUT2D eigenvalue weighted by Gasteiger charge is -2.30. The van der Waals surface area contributed by atoms with Crippen LogP contribution in [-0.2, 0) is 9.84 Å². The van der Waals surface area contributed by atoms with Crippen molar-refractivity contribution in [3.63, 3.8) is 0 Å². The lowest BCUT2D eigenvalue weighted by molar-refractivity contribution is -0.0828. The van der Waals surface area contributed by atoms with E-state index >= 15 is 0 Å². The van der Waals surface area contributed by atoms with E-state index in [-0.39, 0.29) is 5.75 Å². The first-order valence-electron chi connectivity index (χ1n) is 5.33. The second kappa shape index (κ2) is 5.82. The van der Waals surface area contributed by atoms with Gasteiger partial charge in [0.15, 0.2) is 0 Å². The Morgan fingerprint density at radius 3 is 2.07 bits per heavy atom. The van der Waals surface area contributed by atoms with Crippen molar-refractivity contribution in [3.8, 4) is 0 Å². The molecule has 15 heavy (non-hydrogen) atoms. The molecule has 0 spiro atoms. The molecule has 2 N–H and O–H groups in total. The summed E-state index contributed by atoms with van der Waals surface area (Å²) in [5, 5.41) is 19.6. The molecule has 0 amide bonds. The maximum absolute atomic E-state index is 10.9. The number of rotatable bonds is 7. The molecule has 5 heteroatoms. The van der Waals surface area contributed by atoms with Crippen LogP contribution >= 0.6 is 0 Å². The quantitative estimate of drug-likeness (QED) is 0.685. The van der Waals surface area contributed by atoms with Crippen molar-refractivity contribution in [2.24, 2.45) is 0 Å². The molecule has 92 valence electrons. The summed E-state index contributed by atoms with van der Waals surface area (Å²) < 4.78 is 21.7. The second-order valence-electron chi connectivity index (χ2n) is 4.10. The number of hydrogen-bond donors (Lipinski definition) is 2. The van der Waals surface area contributed by atoms with Crippen LogP contribution in [0.5, 0.6) is 0 Å². The van der Waals surface area contributed by atoms with Gasteiger partial charge in [0.05, 0.1) is 11.7 Å². The molecule has 0 aromatic rings. The van der Waals surface area contributed by atoms with Crippen molar-refractivity contribution in [1.82, 2.24) is 0 Å². The van der Waals surface area contributed by atoms with Gasteiger partial charge in [-0.25, -0.2) is 8.42 Å². The summed E-state index contributed by atoms with van der Waals surface area (Å²) in [6.45, 7) is 3.62. The Labute approximate surface area is 92.2 Å². The summed E-state index contributed by atoms with van der Waals surface area (Å²) >= 11 is 0. The zero-order chi connectivity index (χ0) is 12.1. The van der Waals surface area contributed by atoms with E-state index in [0.29, 0.717) is 25.7 Å². The van der Waals surface area contributed by atoms with E-state index in [0.717, 1.165) is 0 Å². The van der Waals surface area contributed by atoms with E-state index in [4.69, 9.17) is 0 Å². The Kier molecular flexibility index (Phi) is 5.77. The molecule has 0 aromatic carbocycles. The topological polar surface area (TPSA) is 74.6 Å². The third-order valence-corrected chi connectivity index (χ3v) is 3.87. The predicted octanol–water partition coefficient (Wildman–Crippen LogP) is 0.723. The van der Waals surface area contributed by atoms with Gasteiger partial charge in [-0.15, -0.1) is 0 Å². The zero-order valence-corrected chi connectivity index (χ0v) is 10.5. The van der Waals surface area contributed by atoms with Crippen molar-refractivity contribution < 1.29 is 18.6 Å². The first-order valence-corrected chi connectivity index (χ1v) is 7.39. The third kappa shape index (κ3) is 5.49. The molecule has 1 atom stereocenters. The predicted molar refractivity (Wildman–Crippen MR) is 60.5 cm³/mol. The van der Waals surface area contributed by atoms with E-state index in [2.05, 4.69) is 0 Å². The highest BCUT2D eigenvalue weighted by Gasteiger charge is 2.31. The molecule has 0 aliphatic rings. The van der Waals surface area contributed by atoms with Gasteiger partial charge >= 0.3 is 0 Å². The minimum atomic E-state index is -2.97. The molecule has 0 fully saturated rings. The highest BCUT2D eigenvalue weighted by molar-refractivity contribution is 7.90. The number of aliphatic hydroxyl groups is 2. The SMILES string of the molecule is CCC(O)(CC)C(O)CCCS(C)(=O)=O. The van der Waals surface area contributed by atoms with E-state index < -0.39 is 21.5 Å². The Balaban J connectivity index is 4.08. The van der Waals surface area contributed by atoms with Gasteiger partial charge in [-0.2, -0.15) is 0 Å². The number of aliphatic hydroxyl groups excluding tert-OH is 1. The van der Waals surface area contributed by atoms with Gasteiger partial charge in [0.25, 0.3) is 0 Å². The molecule has 0 rings (SSSR count). The monoisotopic (exact) mass is 238 g/mol. The van der Waals surface area contributed by atoms with Crippen molar-refractivity contribution >= 4 is 9.84 Å². The van der Waals surface area contributed by atoms with E-state index in [1.807, 2.05) is 13.8 Å². The van der Waals surface area contributed by atoms with Crippen LogP contribution < -0.4 is 0 Å². The summed E-state index contributed by atoms with van der Waals surface area (Å²) in [6.07, 6.45) is 2.00. The molecule has 0 aliphatic heterocycles. The van der Waals surface area contributed by atoms with Crippen molar-refractivity contribution in [1.29, 1.82) is 0 Å². The fourth-order valence-electron chi connectivity index (χ4n) is 1.53. The average molecular weight is 238 g/mol. The molecule has 0 heterocycles. The Bertz CT molecular complexity index is 267. The van der Waals surface area contributed by atoms with Crippen LogP contribution in [0, 0.1) is 0 Å². The van der Waals surface area contributed by atoms with E-state index in [1.165, 1.54) is 6.26 Å². The second-order valence-corrected chi connectivity index (χ2v) is 6.36. The summed E-state index contributed by atoms with van der Waals surface area (Å²) in [7, 11) is -2.97. The highest BCUT2D eigenvalue weighted by atomic mass is 32.2. The Morgan fingerprint density at radius 2 is 1.73 bits per heavy atom. The largest absolute Gasteiger partial charge is 0.390 e. The maximum Gasteiger partial charge on any atom is 0.147 e.